The van der Waals surface area contributed by atoms with Crippen molar-refractivity contribution in [2.24, 2.45) is 0 Å². The Kier molecular flexibility index (Phi) is 3.79. The molecular formula is C13H11ClN2O2. The van der Waals surface area contributed by atoms with E-state index in [2.05, 4.69) is 10.3 Å². The molecule has 1 heterocycles. The Morgan fingerprint density at radius 3 is 2.67 bits per heavy atom. The Hall–Kier alpha value is -2.07. The topological polar surface area (TPSA) is 62.2 Å². The molecule has 0 amide bonds. The van der Waals surface area contributed by atoms with Gasteiger partial charge in [-0.25, -0.2) is 4.79 Å². The van der Waals surface area contributed by atoms with Crippen molar-refractivity contribution in [1.29, 1.82) is 0 Å². The highest BCUT2D eigenvalue weighted by Crippen LogP contribution is 2.21. The fourth-order valence-corrected chi connectivity index (χ4v) is 1.72. The van der Waals surface area contributed by atoms with Gasteiger partial charge in [-0.2, -0.15) is 0 Å². The first-order valence-electron chi connectivity index (χ1n) is 5.32. The molecule has 0 spiro atoms. The maximum absolute atomic E-state index is 11.1. The Morgan fingerprint density at radius 2 is 2.00 bits per heavy atom. The molecule has 0 aliphatic heterocycles. The summed E-state index contributed by atoms with van der Waals surface area (Å²) in [6, 6.07) is 8.47. The van der Waals surface area contributed by atoms with Crippen LogP contribution in [0.5, 0.6) is 0 Å². The minimum absolute atomic E-state index is 0.163. The third-order valence-electron chi connectivity index (χ3n) is 2.44. The van der Waals surface area contributed by atoms with Gasteiger partial charge in [-0.05, 0) is 35.9 Å². The Balaban J connectivity index is 2.17. The highest BCUT2D eigenvalue weighted by atomic mass is 35.5. The lowest BCUT2D eigenvalue weighted by Crippen LogP contribution is -2.06. The molecule has 4 nitrogen and oxygen atoms in total. The van der Waals surface area contributed by atoms with E-state index in [4.69, 9.17) is 16.7 Å². The van der Waals surface area contributed by atoms with E-state index in [9.17, 15) is 4.79 Å². The molecule has 92 valence electrons. The van der Waals surface area contributed by atoms with Gasteiger partial charge in [-0.15, -0.1) is 0 Å². The third-order valence-corrected chi connectivity index (χ3v) is 2.68. The molecule has 0 saturated heterocycles. The fourth-order valence-electron chi connectivity index (χ4n) is 1.55. The number of carboxylic acid groups (broad SMARTS) is 1. The maximum atomic E-state index is 11.1. The van der Waals surface area contributed by atoms with Gasteiger partial charge in [0.05, 0.1) is 5.56 Å². The standard InChI is InChI=1S/C13H11ClN2O2/c14-10-1-2-12(11(7-10)13(17)18)16-8-9-3-5-15-6-4-9/h1-7,16H,8H2,(H,17,18). The van der Waals surface area contributed by atoms with Gasteiger partial charge >= 0.3 is 5.97 Å². The van der Waals surface area contributed by atoms with Crippen LogP contribution in [0.25, 0.3) is 0 Å². The van der Waals surface area contributed by atoms with Crippen LogP contribution in [-0.2, 0) is 6.54 Å². The van der Waals surface area contributed by atoms with E-state index in [0.29, 0.717) is 17.3 Å². The Labute approximate surface area is 109 Å². The number of hydrogen-bond donors (Lipinski definition) is 2. The number of benzene rings is 1. The number of aromatic carboxylic acids is 1. The zero-order valence-corrected chi connectivity index (χ0v) is 10.2. The molecule has 0 bridgehead atoms. The second kappa shape index (κ2) is 5.51. The highest BCUT2D eigenvalue weighted by Gasteiger charge is 2.10. The van der Waals surface area contributed by atoms with Crippen molar-refractivity contribution >= 4 is 23.3 Å². The minimum atomic E-state index is -1.00. The minimum Gasteiger partial charge on any atom is -0.478 e. The van der Waals surface area contributed by atoms with Crippen LogP contribution in [0, 0.1) is 0 Å². The summed E-state index contributed by atoms with van der Waals surface area (Å²) in [5.41, 5.74) is 1.73. The Bertz CT molecular complexity index is 558. The first-order valence-corrected chi connectivity index (χ1v) is 5.70. The number of nitrogens with one attached hydrogen (secondary N) is 1. The Morgan fingerprint density at radius 1 is 1.28 bits per heavy atom. The molecule has 0 atom stereocenters. The van der Waals surface area contributed by atoms with Gasteiger partial charge in [0.1, 0.15) is 0 Å². The number of halogens is 1. The van der Waals surface area contributed by atoms with Crippen LogP contribution in [0.4, 0.5) is 5.69 Å². The lowest BCUT2D eigenvalue weighted by Gasteiger charge is -2.09. The largest absolute Gasteiger partial charge is 0.478 e. The number of carbonyl (C=O) groups is 1. The van der Waals surface area contributed by atoms with E-state index in [-0.39, 0.29) is 5.56 Å². The number of hydrogen-bond acceptors (Lipinski definition) is 3. The van der Waals surface area contributed by atoms with Gasteiger partial charge in [0.15, 0.2) is 0 Å². The predicted octanol–water partition coefficient (Wildman–Crippen LogP) is 3.05. The fraction of sp³-hybridized carbons (Fsp3) is 0.0769. The van der Waals surface area contributed by atoms with Crippen LogP contribution in [-0.4, -0.2) is 16.1 Å². The number of rotatable bonds is 4. The monoisotopic (exact) mass is 262 g/mol. The van der Waals surface area contributed by atoms with Gasteiger partial charge in [0.25, 0.3) is 0 Å². The van der Waals surface area contributed by atoms with Crippen molar-refractivity contribution in [3.05, 3.63) is 58.9 Å². The number of aromatic nitrogens is 1. The quantitative estimate of drug-likeness (QED) is 0.889. The number of anilines is 1. The molecule has 5 heteroatoms. The van der Waals surface area contributed by atoms with Gasteiger partial charge < -0.3 is 10.4 Å². The summed E-state index contributed by atoms with van der Waals surface area (Å²) in [6.07, 6.45) is 3.38. The van der Waals surface area contributed by atoms with E-state index in [1.807, 2.05) is 12.1 Å². The number of pyridine rings is 1. The molecular weight excluding hydrogens is 252 g/mol. The van der Waals surface area contributed by atoms with Gasteiger partial charge in [-0.3, -0.25) is 4.98 Å². The van der Waals surface area contributed by atoms with Gasteiger partial charge in [-0.1, -0.05) is 11.6 Å². The average molecular weight is 263 g/mol. The summed E-state index contributed by atoms with van der Waals surface area (Å²) in [5.74, 6) is -1.00. The van der Waals surface area contributed by atoms with Crippen molar-refractivity contribution in [3.8, 4) is 0 Å². The van der Waals surface area contributed by atoms with Crippen LogP contribution >= 0.6 is 11.6 Å². The summed E-state index contributed by atoms with van der Waals surface area (Å²) in [6.45, 7) is 0.532. The molecule has 2 rings (SSSR count). The number of nitrogens with zero attached hydrogens (tertiary/aromatic N) is 1. The van der Waals surface area contributed by atoms with E-state index in [1.165, 1.54) is 6.07 Å². The second-order valence-electron chi connectivity index (χ2n) is 3.70. The molecule has 0 saturated carbocycles. The lowest BCUT2D eigenvalue weighted by atomic mass is 10.1. The molecule has 2 aromatic rings. The highest BCUT2D eigenvalue weighted by molar-refractivity contribution is 6.31. The van der Waals surface area contributed by atoms with E-state index >= 15 is 0 Å². The van der Waals surface area contributed by atoms with Crippen molar-refractivity contribution in [2.45, 2.75) is 6.54 Å². The smallest absolute Gasteiger partial charge is 0.337 e. The normalized spacial score (nSPS) is 10.1. The molecule has 0 radical (unpaired) electrons. The summed E-state index contributed by atoms with van der Waals surface area (Å²) < 4.78 is 0. The molecule has 1 aromatic carbocycles. The van der Waals surface area contributed by atoms with Crippen LogP contribution in [0.1, 0.15) is 15.9 Å². The predicted molar refractivity (Wildman–Crippen MR) is 70.0 cm³/mol. The van der Waals surface area contributed by atoms with Gasteiger partial charge in [0.2, 0.25) is 0 Å². The zero-order valence-electron chi connectivity index (χ0n) is 9.43. The molecule has 1 aromatic heterocycles. The first kappa shape index (κ1) is 12.4. The molecule has 0 fully saturated rings. The maximum Gasteiger partial charge on any atom is 0.337 e. The van der Waals surface area contributed by atoms with Crippen molar-refractivity contribution in [2.75, 3.05) is 5.32 Å². The van der Waals surface area contributed by atoms with E-state index < -0.39 is 5.97 Å². The summed E-state index contributed by atoms with van der Waals surface area (Å²) in [5, 5.41) is 12.6. The molecule has 0 aliphatic rings. The summed E-state index contributed by atoms with van der Waals surface area (Å²) >= 11 is 5.78. The molecule has 0 aliphatic carbocycles. The van der Waals surface area contributed by atoms with Crippen molar-refractivity contribution in [1.82, 2.24) is 4.98 Å². The van der Waals surface area contributed by atoms with Crippen molar-refractivity contribution in [3.63, 3.8) is 0 Å². The van der Waals surface area contributed by atoms with Crippen LogP contribution in [0.2, 0.25) is 5.02 Å². The molecule has 18 heavy (non-hydrogen) atoms. The molecule has 2 N–H and O–H groups in total. The summed E-state index contributed by atoms with van der Waals surface area (Å²) in [4.78, 5) is 15.0. The summed E-state index contributed by atoms with van der Waals surface area (Å²) in [7, 11) is 0. The SMILES string of the molecule is O=C(O)c1cc(Cl)ccc1NCc1ccncc1. The zero-order chi connectivity index (χ0) is 13.0. The lowest BCUT2D eigenvalue weighted by molar-refractivity contribution is 0.0698. The van der Waals surface area contributed by atoms with Crippen LogP contribution < -0.4 is 5.32 Å². The molecule has 0 unspecified atom stereocenters. The van der Waals surface area contributed by atoms with Crippen molar-refractivity contribution < 1.29 is 9.90 Å². The number of carboxylic acids is 1. The van der Waals surface area contributed by atoms with Crippen LogP contribution in [0.3, 0.4) is 0 Å². The van der Waals surface area contributed by atoms with E-state index in [0.717, 1.165) is 5.56 Å². The third kappa shape index (κ3) is 2.99. The average Bonchev–Trinajstić information content (AvgIpc) is 2.38. The van der Waals surface area contributed by atoms with E-state index in [1.54, 1.807) is 24.5 Å². The van der Waals surface area contributed by atoms with Gasteiger partial charge in [0, 0.05) is 29.6 Å². The van der Waals surface area contributed by atoms with Crippen LogP contribution in [0.15, 0.2) is 42.7 Å². The second-order valence-corrected chi connectivity index (χ2v) is 4.14. The first-order chi connectivity index (χ1) is 8.66.